The summed E-state index contributed by atoms with van der Waals surface area (Å²) < 4.78 is 0. The maximum atomic E-state index is 10.4. The molecule has 3 fully saturated rings. The Labute approximate surface area is 321 Å². The predicted octanol–water partition coefficient (Wildman–Crippen LogP) is 11.6. The van der Waals surface area contributed by atoms with E-state index in [-0.39, 0.29) is 22.9 Å². The second-order valence-electron chi connectivity index (χ2n) is 17.5. The Morgan fingerprint density at radius 3 is 2.06 bits per heavy atom. The average Bonchev–Trinajstić information content (AvgIpc) is 3.40. The highest BCUT2D eigenvalue weighted by molar-refractivity contribution is 5.33. The highest BCUT2D eigenvalue weighted by atomic mass is 15.3. The van der Waals surface area contributed by atoms with E-state index >= 15 is 0 Å². The van der Waals surface area contributed by atoms with Crippen LogP contribution in [0.5, 0.6) is 0 Å². The van der Waals surface area contributed by atoms with Crippen molar-refractivity contribution in [2.24, 2.45) is 40.2 Å². The molecule has 4 rings (SSSR count). The molecule has 1 aromatic carbocycles. The van der Waals surface area contributed by atoms with Crippen molar-refractivity contribution in [2.75, 3.05) is 6.54 Å². The molecule has 5 nitrogen and oxygen atoms in total. The minimum Gasteiger partial charge on any atom is -0.399 e. The topological polar surface area (TPSA) is 77.1 Å². The lowest BCUT2D eigenvalue weighted by molar-refractivity contribution is 0.187. The van der Waals surface area contributed by atoms with Crippen LogP contribution in [0.3, 0.4) is 0 Å². The number of rotatable bonds is 15. The molecule has 2 aliphatic carbocycles. The van der Waals surface area contributed by atoms with Crippen LogP contribution in [0.15, 0.2) is 91.6 Å². The number of allylic oxidation sites excluding steroid dienone is 1. The molecule has 5 unspecified atom stereocenters. The first kappa shape index (κ1) is 44.8. The summed E-state index contributed by atoms with van der Waals surface area (Å²) in [6.07, 6.45) is 8.75. The van der Waals surface area contributed by atoms with Gasteiger partial charge in [-0.2, -0.15) is 5.26 Å². The van der Waals surface area contributed by atoms with Gasteiger partial charge < -0.3 is 21.3 Å². The number of nitrogens with zero attached hydrogens (tertiary/aromatic N) is 2. The molecule has 1 heterocycles. The van der Waals surface area contributed by atoms with Gasteiger partial charge in [-0.15, -0.1) is 0 Å². The van der Waals surface area contributed by atoms with E-state index < -0.39 is 0 Å². The fourth-order valence-corrected chi connectivity index (χ4v) is 8.80. The zero-order valence-corrected chi connectivity index (χ0v) is 35.3. The lowest BCUT2D eigenvalue weighted by Gasteiger charge is -2.46. The van der Waals surface area contributed by atoms with Gasteiger partial charge >= 0.3 is 0 Å². The summed E-state index contributed by atoms with van der Waals surface area (Å²) in [6.45, 7) is 46.8. The minimum atomic E-state index is -0.333. The van der Waals surface area contributed by atoms with Crippen molar-refractivity contribution in [1.82, 2.24) is 15.5 Å². The molecule has 4 N–H and O–H groups in total. The van der Waals surface area contributed by atoms with Gasteiger partial charge in [-0.3, -0.25) is 0 Å². The summed E-state index contributed by atoms with van der Waals surface area (Å²) in [4.78, 5) is 2.54. The summed E-state index contributed by atoms with van der Waals surface area (Å²) in [5.74, 6) is 3.13. The van der Waals surface area contributed by atoms with Gasteiger partial charge in [-0.05, 0) is 71.3 Å². The lowest BCUT2D eigenvalue weighted by Crippen LogP contribution is -2.56. The van der Waals surface area contributed by atoms with E-state index in [1.54, 1.807) is 0 Å². The molecule has 3 aliphatic rings. The van der Waals surface area contributed by atoms with Gasteiger partial charge in [0.15, 0.2) is 0 Å². The third-order valence-corrected chi connectivity index (χ3v) is 12.4. The molecule has 52 heavy (non-hydrogen) atoms. The van der Waals surface area contributed by atoms with Crippen molar-refractivity contribution in [3.63, 3.8) is 0 Å². The molecule has 1 aromatic rings. The first-order valence-corrected chi connectivity index (χ1v) is 20.3. The van der Waals surface area contributed by atoms with Gasteiger partial charge in [-0.1, -0.05) is 171 Å². The number of hydrogen-bond donors (Lipinski definition) is 3. The van der Waals surface area contributed by atoms with Crippen molar-refractivity contribution < 1.29 is 0 Å². The molecule has 1 saturated heterocycles. The van der Waals surface area contributed by atoms with Crippen molar-refractivity contribution in [3.8, 4) is 6.07 Å². The largest absolute Gasteiger partial charge is 0.399 e. The van der Waals surface area contributed by atoms with Crippen LogP contribution in [-0.4, -0.2) is 29.1 Å². The fraction of sp³-hybridized carbons (Fsp3) is 0.638. The highest BCUT2D eigenvalue weighted by Gasteiger charge is 2.67. The molecule has 2 saturated carbocycles. The summed E-state index contributed by atoms with van der Waals surface area (Å²) in [5.41, 5.74) is 10.7. The SMILES string of the molecule is C=C(N)C(=C)C(C)CC(C)CC.C=C(NC(C(=C)N1C[C@H]2[C@@H](C1C(=C)CC)C2(C)C)C(C)(C)C)NC1(C(C#N)c2ccccc2)CCCCC1.CC. The molecule has 1 aliphatic heterocycles. The monoisotopic (exact) mass is 712 g/mol. The Bertz CT molecular complexity index is 1400. The Kier molecular flexibility index (Phi) is 16.4. The van der Waals surface area contributed by atoms with E-state index in [4.69, 9.17) is 12.3 Å². The van der Waals surface area contributed by atoms with Crippen LogP contribution in [0.1, 0.15) is 139 Å². The number of nitrogens with two attached hydrogens (primary N) is 1. The number of likely N-dealkylation sites (tertiary alicyclic amines) is 1. The molecule has 0 bridgehead atoms. The number of nitriles is 1. The Morgan fingerprint density at radius 2 is 1.58 bits per heavy atom. The van der Waals surface area contributed by atoms with Gasteiger partial charge in [0.2, 0.25) is 0 Å². The first-order valence-electron chi connectivity index (χ1n) is 20.3. The van der Waals surface area contributed by atoms with Crippen LogP contribution >= 0.6 is 0 Å². The zero-order chi connectivity index (χ0) is 39.6. The van der Waals surface area contributed by atoms with Gasteiger partial charge in [0.1, 0.15) is 0 Å². The Balaban J connectivity index is 0.000000569. The normalized spacial score (nSPS) is 23.3. The second-order valence-corrected chi connectivity index (χ2v) is 17.5. The van der Waals surface area contributed by atoms with E-state index in [1.807, 2.05) is 32.0 Å². The number of piperidine rings is 1. The summed E-state index contributed by atoms with van der Waals surface area (Å²) in [7, 11) is 0. The summed E-state index contributed by atoms with van der Waals surface area (Å²) in [6, 6.07) is 13.3. The molecule has 0 amide bonds. The van der Waals surface area contributed by atoms with Crippen LogP contribution in [0.4, 0.5) is 0 Å². The van der Waals surface area contributed by atoms with Crippen molar-refractivity contribution in [2.45, 2.75) is 151 Å². The second kappa shape index (κ2) is 19.1. The van der Waals surface area contributed by atoms with E-state index in [1.165, 1.54) is 18.4 Å². The molecule has 0 spiro atoms. The van der Waals surface area contributed by atoms with Crippen LogP contribution < -0.4 is 16.4 Å². The standard InChI is InChI=1S/C34H50N4.C11H21N.C2H6/c1-10-23(2)30-29-28(33(29,8)9)22-38(30)24(3)31(32(5,6)7)36-25(4)37-34(19-15-12-16-20-34)27(21-35)26-17-13-11-14-18-26;1-6-8(2)7-9(3)10(4)11(5)12;1-2/h11,13-14,17-18,27-31,36-37H,2-4,10,12,15-16,19-20,22H2,1,5-9H3;8-9H,4-7,12H2,1-3H3;1-2H3/t27?,28-,29-,30?,31?;;/m0../s1. The smallest absolute Gasteiger partial charge is 0.0942 e. The van der Waals surface area contributed by atoms with Crippen LogP contribution in [0.25, 0.3) is 0 Å². The van der Waals surface area contributed by atoms with E-state index in [0.29, 0.717) is 34.9 Å². The Morgan fingerprint density at radius 1 is 1.00 bits per heavy atom. The first-order chi connectivity index (χ1) is 24.4. The molecule has 5 heteroatoms. The van der Waals surface area contributed by atoms with Gasteiger partial charge in [-0.25, -0.2) is 0 Å². The highest BCUT2D eigenvalue weighted by Crippen LogP contribution is 2.66. The molecule has 0 radical (unpaired) electrons. The van der Waals surface area contributed by atoms with E-state index in [2.05, 4.69) is 122 Å². The molecular weight excluding hydrogens is 635 g/mol. The van der Waals surface area contributed by atoms with Crippen molar-refractivity contribution in [3.05, 3.63) is 97.2 Å². The average molecular weight is 712 g/mol. The number of hydrogen-bond acceptors (Lipinski definition) is 5. The zero-order valence-electron chi connectivity index (χ0n) is 35.3. The third-order valence-electron chi connectivity index (χ3n) is 12.4. The number of fused-ring (bicyclic) bond motifs is 1. The summed E-state index contributed by atoms with van der Waals surface area (Å²) in [5, 5.41) is 17.9. The van der Waals surface area contributed by atoms with Gasteiger partial charge in [0.25, 0.3) is 0 Å². The number of benzene rings is 1. The quantitative estimate of drug-likeness (QED) is 0.125. The molecule has 7 atom stereocenters. The van der Waals surface area contributed by atoms with Crippen LogP contribution in [-0.2, 0) is 0 Å². The minimum absolute atomic E-state index is 0.00756. The third kappa shape index (κ3) is 10.6. The molecular formula is C47H77N5. The molecule has 290 valence electrons. The van der Waals surface area contributed by atoms with Gasteiger partial charge in [0.05, 0.1) is 35.4 Å². The van der Waals surface area contributed by atoms with Crippen LogP contribution in [0.2, 0.25) is 0 Å². The predicted molar refractivity (Wildman–Crippen MR) is 226 cm³/mol. The Hall–Kier alpha value is -3.39. The van der Waals surface area contributed by atoms with Crippen LogP contribution in [0, 0.1) is 45.8 Å². The van der Waals surface area contributed by atoms with Crippen molar-refractivity contribution >= 4 is 0 Å². The van der Waals surface area contributed by atoms with Crippen molar-refractivity contribution in [1.29, 1.82) is 5.26 Å². The van der Waals surface area contributed by atoms with Gasteiger partial charge in [0, 0.05) is 17.9 Å². The number of nitrogens with one attached hydrogen (secondary N) is 2. The molecule has 0 aromatic heterocycles. The summed E-state index contributed by atoms with van der Waals surface area (Å²) >= 11 is 0. The maximum absolute atomic E-state index is 10.4. The maximum Gasteiger partial charge on any atom is 0.0942 e. The fourth-order valence-electron chi connectivity index (χ4n) is 8.80. The van der Waals surface area contributed by atoms with E-state index in [9.17, 15) is 5.26 Å². The van der Waals surface area contributed by atoms with E-state index in [0.717, 1.165) is 73.6 Å². The lowest BCUT2D eigenvalue weighted by atomic mass is 9.70.